The number of rotatable bonds is 4. The van der Waals surface area contributed by atoms with Crippen LogP contribution in [0.25, 0.3) is 0 Å². The highest BCUT2D eigenvalue weighted by Gasteiger charge is 2.29. The lowest BCUT2D eigenvalue weighted by molar-refractivity contribution is -0.139. The average Bonchev–Trinajstić information content (AvgIpc) is 2.93. The smallest absolute Gasteiger partial charge is 0.325 e. The molecule has 0 unspecified atom stereocenters. The Labute approximate surface area is 141 Å². The maximum atomic E-state index is 12.3. The van der Waals surface area contributed by atoms with E-state index in [0.717, 1.165) is 44.7 Å². The molecule has 4 rings (SSSR count). The first-order valence-electron chi connectivity index (χ1n) is 8.32. The number of hydrogen-bond donors (Lipinski definition) is 2. The lowest BCUT2D eigenvalue weighted by atomic mass is 10.0. The molecule has 7 heteroatoms. The Kier molecular flexibility index (Phi) is 4.89. The number of nitrogen functional groups attached to an aromatic ring is 1. The third-order valence-electron chi connectivity index (χ3n) is 4.89. The third-order valence-corrected chi connectivity index (χ3v) is 4.89. The van der Waals surface area contributed by atoms with Crippen molar-refractivity contribution < 1.29 is 14.3 Å². The Bertz CT molecular complexity index is 626. The quantitative estimate of drug-likeness (QED) is 0.615. The summed E-state index contributed by atoms with van der Waals surface area (Å²) in [4.78, 5) is 28.4. The number of fused-ring (bicyclic) bond motifs is 4. The van der Waals surface area contributed by atoms with Crippen LogP contribution in [0.15, 0.2) is 18.2 Å². The van der Waals surface area contributed by atoms with Crippen molar-refractivity contribution in [2.24, 2.45) is 0 Å². The molecule has 0 atom stereocenters. The van der Waals surface area contributed by atoms with Crippen LogP contribution >= 0.6 is 0 Å². The minimum Gasteiger partial charge on any atom is -0.468 e. The predicted octanol–water partition coefficient (Wildman–Crippen LogP) is 0.456. The van der Waals surface area contributed by atoms with Gasteiger partial charge in [0.1, 0.15) is 6.54 Å². The molecule has 3 heterocycles. The summed E-state index contributed by atoms with van der Waals surface area (Å²) >= 11 is 0. The van der Waals surface area contributed by atoms with Crippen LogP contribution in [0.2, 0.25) is 0 Å². The van der Waals surface area contributed by atoms with E-state index in [1.165, 1.54) is 7.11 Å². The molecule has 1 aromatic rings. The van der Waals surface area contributed by atoms with Crippen molar-refractivity contribution in [3.8, 4) is 0 Å². The minimum atomic E-state index is -0.489. The van der Waals surface area contributed by atoms with Crippen molar-refractivity contribution in [3.05, 3.63) is 23.8 Å². The van der Waals surface area contributed by atoms with Crippen LogP contribution in [-0.4, -0.2) is 62.7 Å². The van der Waals surface area contributed by atoms with Crippen molar-refractivity contribution in [2.75, 3.05) is 50.5 Å². The number of esters is 1. The second kappa shape index (κ2) is 7.09. The molecule has 2 bridgehead atoms. The minimum absolute atomic E-state index is 0.166. The molecule has 3 aliphatic rings. The number of anilines is 2. The topological polar surface area (TPSA) is 87.9 Å². The van der Waals surface area contributed by atoms with Crippen LogP contribution in [0.3, 0.4) is 0 Å². The van der Waals surface area contributed by atoms with Gasteiger partial charge in [-0.3, -0.25) is 9.59 Å². The maximum Gasteiger partial charge on any atom is 0.325 e. The van der Waals surface area contributed by atoms with Crippen molar-refractivity contribution in [1.82, 2.24) is 10.2 Å². The van der Waals surface area contributed by atoms with Gasteiger partial charge < -0.3 is 25.6 Å². The standard InChI is InChI=1S/C17H24N4O3/c1-24-16(22)11-19-17(23)14-10-13(2-3-15(14)18)21-9-8-20-6-4-12(21)5-7-20/h2-3,10,12H,4-9,11,18H2,1H3,(H,19,23). The summed E-state index contributed by atoms with van der Waals surface area (Å²) in [5, 5.41) is 2.55. The molecule has 130 valence electrons. The van der Waals surface area contributed by atoms with E-state index in [4.69, 9.17) is 5.73 Å². The maximum absolute atomic E-state index is 12.3. The molecule has 0 spiro atoms. The van der Waals surface area contributed by atoms with E-state index in [0.29, 0.717) is 17.3 Å². The van der Waals surface area contributed by atoms with Crippen LogP contribution in [-0.2, 0) is 9.53 Å². The Balaban J connectivity index is 1.78. The summed E-state index contributed by atoms with van der Waals surface area (Å²) in [6.07, 6.45) is 2.29. The zero-order valence-corrected chi connectivity index (χ0v) is 14.0. The molecule has 3 fully saturated rings. The first-order valence-corrected chi connectivity index (χ1v) is 8.32. The number of carbonyl (C=O) groups is 2. The molecule has 0 aromatic heterocycles. The molecule has 1 amide bonds. The largest absolute Gasteiger partial charge is 0.468 e. The molecule has 1 aromatic carbocycles. The molecule has 7 nitrogen and oxygen atoms in total. The Morgan fingerprint density at radius 2 is 2.00 bits per heavy atom. The molecular formula is C17H24N4O3. The first kappa shape index (κ1) is 16.6. The van der Waals surface area contributed by atoms with Gasteiger partial charge in [0.25, 0.3) is 5.91 Å². The Hall–Kier alpha value is -2.28. The third kappa shape index (κ3) is 3.46. The van der Waals surface area contributed by atoms with E-state index in [-0.39, 0.29) is 12.5 Å². The van der Waals surface area contributed by atoms with Gasteiger partial charge in [-0.2, -0.15) is 0 Å². The fourth-order valence-electron chi connectivity index (χ4n) is 3.47. The van der Waals surface area contributed by atoms with Gasteiger partial charge in [0.05, 0.1) is 12.7 Å². The van der Waals surface area contributed by atoms with Crippen LogP contribution in [0.4, 0.5) is 11.4 Å². The summed E-state index contributed by atoms with van der Waals surface area (Å²) in [6, 6.07) is 6.08. The van der Waals surface area contributed by atoms with Crippen LogP contribution in [0.1, 0.15) is 23.2 Å². The van der Waals surface area contributed by atoms with E-state index in [9.17, 15) is 9.59 Å². The number of carbonyl (C=O) groups excluding carboxylic acids is 2. The second-order valence-corrected chi connectivity index (χ2v) is 6.30. The number of ether oxygens (including phenoxy) is 1. The predicted molar refractivity (Wildman–Crippen MR) is 92.0 cm³/mol. The lowest BCUT2D eigenvalue weighted by Gasteiger charge is -2.33. The summed E-state index contributed by atoms with van der Waals surface area (Å²) in [6.45, 7) is 4.12. The summed E-state index contributed by atoms with van der Waals surface area (Å²) in [5.41, 5.74) is 7.78. The van der Waals surface area contributed by atoms with Gasteiger partial charge in [0.2, 0.25) is 0 Å². The Morgan fingerprint density at radius 3 is 2.71 bits per heavy atom. The SMILES string of the molecule is COC(=O)CNC(=O)c1cc(N2CCN3CCC2CC3)ccc1N. The molecule has 0 saturated carbocycles. The normalized spacial score (nSPS) is 22.8. The van der Waals surface area contributed by atoms with E-state index in [1.807, 2.05) is 12.1 Å². The van der Waals surface area contributed by atoms with Gasteiger partial charge in [-0.15, -0.1) is 0 Å². The van der Waals surface area contributed by atoms with Gasteiger partial charge in [-0.25, -0.2) is 0 Å². The number of hydrogen-bond acceptors (Lipinski definition) is 6. The highest BCUT2D eigenvalue weighted by molar-refractivity contribution is 6.01. The number of nitrogens with one attached hydrogen (secondary N) is 1. The zero-order valence-electron chi connectivity index (χ0n) is 14.0. The van der Waals surface area contributed by atoms with Crippen molar-refractivity contribution >= 4 is 23.3 Å². The average molecular weight is 332 g/mol. The van der Waals surface area contributed by atoms with E-state index in [1.54, 1.807) is 6.07 Å². The van der Waals surface area contributed by atoms with E-state index in [2.05, 4.69) is 19.9 Å². The van der Waals surface area contributed by atoms with E-state index < -0.39 is 5.97 Å². The summed E-state index contributed by atoms with van der Waals surface area (Å²) in [5.74, 6) is -0.848. The van der Waals surface area contributed by atoms with Crippen LogP contribution < -0.4 is 16.0 Å². The highest BCUT2D eigenvalue weighted by Crippen LogP contribution is 2.29. The Morgan fingerprint density at radius 1 is 1.25 bits per heavy atom. The monoisotopic (exact) mass is 332 g/mol. The van der Waals surface area contributed by atoms with Gasteiger partial charge in [-0.05, 0) is 31.0 Å². The fourth-order valence-corrected chi connectivity index (χ4v) is 3.47. The highest BCUT2D eigenvalue weighted by atomic mass is 16.5. The molecule has 3 aliphatic heterocycles. The molecule has 0 aliphatic carbocycles. The fraction of sp³-hybridized carbons (Fsp3) is 0.529. The van der Waals surface area contributed by atoms with Crippen LogP contribution in [0, 0.1) is 0 Å². The van der Waals surface area contributed by atoms with Crippen LogP contribution in [0.5, 0.6) is 0 Å². The number of piperidine rings is 1. The zero-order chi connectivity index (χ0) is 17.1. The molecule has 24 heavy (non-hydrogen) atoms. The number of amides is 1. The molecule has 0 radical (unpaired) electrons. The first-order chi connectivity index (χ1) is 11.6. The summed E-state index contributed by atoms with van der Waals surface area (Å²) in [7, 11) is 1.29. The number of nitrogens with two attached hydrogens (primary N) is 1. The summed E-state index contributed by atoms with van der Waals surface area (Å²) < 4.78 is 4.53. The van der Waals surface area contributed by atoms with Crippen molar-refractivity contribution in [3.63, 3.8) is 0 Å². The van der Waals surface area contributed by atoms with E-state index >= 15 is 0 Å². The number of benzene rings is 1. The lowest BCUT2D eigenvalue weighted by Crippen LogP contribution is -2.38. The van der Waals surface area contributed by atoms with Gasteiger partial charge in [0.15, 0.2) is 0 Å². The van der Waals surface area contributed by atoms with Gasteiger partial charge in [-0.1, -0.05) is 0 Å². The van der Waals surface area contributed by atoms with Crippen molar-refractivity contribution in [2.45, 2.75) is 18.9 Å². The van der Waals surface area contributed by atoms with Gasteiger partial charge in [0, 0.05) is 43.6 Å². The van der Waals surface area contributed by atoms with Gasteiger partial charge >= 0.3 is 5.97 Å². The van der Waals surface area contributed by atoms with Crippen molar-refractivity contribution in [1.29, 1.82) is 0 Å². The molecule has 3 N–H and O–H groups in total. The molecule has 3 saturated heterocycles. The number of nitrogens with zero attached hydrogens (tertiary/aromatic N) is 2. The molecular weight excluding hydrogens is 308 g/mol. The second-order valence-electron chi connectivity index (χ2n) is 6.30. The number of methoxy groups -OCH3 is 1.